The van der Waals surface area contributed by atoms with E-state index >= 15 is 0 Å². The van der Waals surface area contributed by atoms with Gasteiger partial charge in [-0.15, -0.1) is 0 Å². The summed E-state index contributed by atoms with van der Waals surface area (Å²) in [6.07, 6.45) is 4.11. The first kappa shape index (κ1) is 35.6. The molecule has 0 spiro atoms. The second kappa shape index (κ2) is 14.3. The van der Waals surface area contributed by atoms with Gasteiger partial charge in [-0.25, -0.2) is 0 Å². The standard InChI is InChI=1S/C44H52BNO5/c1-6-7-29-49-40(47)39-43(32-48-30-33-19-10-8-11-20-33,27-18-28-45-50-41(2,3)42(4,5)51-45)31-46(39)44(34-21-12-9-13-22-34)37-25-16-14-23-35(37)36-24-15-17-26-38(36)44/h8-17,19-26,39H,6-7,18,27-32H2,1-5H3. The molecule has 0 N–H and O–H groups in total. The smallest absolute Gasteiger partial charge is 0.457 e. The van der Waals surface area contributed by atoms with Crippen molar-refractivity contribution in [1.82, 2.24) is 4.90 Å². The fourth-order valence-electron chi connectivity index (χ4n) is 8.56. The summed E-state index contributed by atoms with van der Waals surface area (Å²) in [5, 5.41) is 0. The number of hydrogen-bond donors (Lipinski definition) is 0. The van der Waals surface area contributed by atoms with Crippen molar-refractivity contribution in [2.75, 3.05) is 19.8 Å². The minimum absolute atomic E-state index is 0.175. The lowest BCUT2D eigenvalue weighted by Gasteiger charge is -2.62. The molecular weight excluding hydrogens is 633 g/mol. The molecule has 0 radical (unpaired) electrons. The maximum absolute atomic E-state index is 14.7. The molecule has 2 atom stereocenters. The highest BCUT2D eigenvalue weighted by molar-refractivity contribution is 6.45. The van der Waals surface area contributed by atoms with Crippen LogP contribution in [0.2, 0.25) is 6.32 Å². The largest absolute Gasteiger partial charge is 0.465 e. The quantitative estimate of drug-likeness (QED) is 0.0750. The van der Waals surface area contributed by atoms with Crippen LogP contribution in [-0.4, -0.2) is 55.0 Å². The maximum atomic E-state index is 14.7. The predicted molar refractivity (Wildman–Crippen MR) is 203 cm³/mol. The lowest BCUT2D eigenvalue weighted by molar-refractivity contribution is -0.194. The summed E-state index contributed by atoms with van der Waals surface area (Å²) < 4.78 is 25.6. The molecule has 2 aliphatic heterocycles. The number of rotatable bonds is 14. The number of benzene rings is 4. The van der Waals surface area contributed by atoms with Crippen molar-refractivity contribution < 1.29 is 23.6 Å². The van der Waals surface area contributed by atoms with Crippen molar-refractivity contribution in [3.05, 3.63) is 131 Å². The molecule has 51 heavy (non-hydrogen) atoms. The third kappa shape index (κ3) is 6.37. The lowest BCUT2D eigenvalue weighted by atomic mass is 9.62. The van der Waals surface area contributed by atoms with Gasteiger partial charge in [0.25, 0.3) is 0 Å². The summed E-state index contributed by atoms with van der Waals surface area (Å²) in [6, 6.07) is 37.8. The molecule has 7 rings (SSSR count). The summed E-state index contributed by atoms with van der Waals surface area (Å²) in [6.45, 7) is 12.5. The zero-order chi connectivity index (χ0) is 35.7. The van der Waals surface area contributed by atoms with Gasteiger partial charge in [0, 0.05) is 12.0 Å². The van der Waals surface area contributed by atoms with Gasteiger partial charge in [-0.05, 0) is 80.2 Å². The van der Waals surface area contributed by atoms with Crippen LogP contribution in [0.5, 0.6) is 0 Å². The Kier molecular flexibility index (Phi) is 10.0. The number of unbranched alkanes of at least 4 members (excludes halogenated alkanes) is 1. The van der Waals surface area contributed by atoms with Gasteiger partial charge < -0.3 is 18.8 Å². The van der Waals surface area contributed by atoms with Gasteiger partial charge in [-0.3, -0.25) is 9.69 Å². The summed E-state index contributed by atoms with van der Waals surface area (Å²) in [5.41, 5.74) is 5.10. The second-order valence-electron chi connectivity index (χ2n) is 15.6. The molecule has 0 saturated carbocycles. The number of esters is 1. The van der Waals surface area contributed by atoms with Crippen LogP contribution in [0.25, 0.3) is 11.1 Å². The normalized spacial score (nSPS) is 22.6. The van der Waals surface area contributed by atoms with E-state index in [1.54, 1.807) is 0 Å². The van der Waals surface area contributed by atoms with Gasteiger partial charge in [-0.1, -0.05) is 129 Å². The summed E-state index contributed by atoms with van der Waals surface area (Å²) in [7, 11) is -0.298. The summed E-state index contributed by atoms with van der Waals surface area (Å²) in [5.74, 6) is -0.175. The average Bonchev–Trinajstić information content (AvgIpc) is 3.53. The van der Waals surface area contributed by atoms with Crippen molar-refractivity contribution in [3.8, 4) is 11.1 Å². The number of likely N-dealkylation sites (tertiary alicyclic amines) is 1. The number of hydrogen-bond acceptors (Lipinski definition) is 6. The summed E-state index contributed by atoms with van der Waals surface area (Å²) in [4.78, 5) is 17.2. The van der Waals surface area contributed by atoms with E-state index in [4.69, 9.17) is 18.8 Å². The Bertz CT molecular complexity index is 1750. The van der Waals surface area contributed by atoms with Crippen LogP contribution in [0.4, 0.5) is 0 Å². The monoisotopic (exact) mass is 685 g/mol. The number of carbonyl (C=O) groups is 1. The van der Waals surface area contributed by atoms with Gasteiger partial charge in [0.1, 0.15) is 6.04 Å². The van der Waals surface area contributed by atoms with Crippen molar-refractivity contribution in [1.29, 1.82) is 0 Å². The molecule has 266 valence electrons. The van der Waals surface area contributed by atoms with Crippen LogP contribution >= 0.6 is 0 Å². The van der Waals surface area contributed by atoms with E-state index in [0.29, 0.717) is 26.4 Å². The molecule has 1 aliphatic carbocycles. The number of carbonyl (C=O) groups excluding carboxylic acids is 1. The molecule has 4 aromatic rings. The Hall–Kier alpha value is -3.75. The minimum Gasteiger partial charge on any atom is -0.465 e. The van der Waals surface area contributed by atoms with E-state index < -0.39 is 28.2 Å². The first-order valence-electron chi connectivity index (χ1n) is 18.8. The molecule has 2 unspecified atom stereocenters. The van der Waals surface area contributed by atoms with Crippen LogP contribution in [0.3, 0.4) is 0 Å². The number of nitrogens with zero attached hydrogens (tertiary/aromatic N) is 1. The van der Waals surface area contributed by atoms with Gasteiger partial charge in [-0.2, -0.15) is 0 Å². The van der Waals surface area contributed by atoms with E-state index in [2.05, 4.69) is 131 Å². The highest BCUT2D eigenvalue weighted by Crippen LogP contribution is 2.60. The molecule has 6 nitrogen and oxygen atoms in total. The van der Waals surface area contributed by atoms with Gasteiger partial charge in [0.2, 0.25) is 0 Å². The van der Waals surface area contributed by atoms with Crippen LogP contribution in [0, 0.1) is 5.41 Å². The van der Waals surface area contributed by atoms with Crippen LogP contribution in [0.15, 0.2) is 109 Å². The van der Waals surface area contributed by atoms with Gasteiger partial charge >= 0.3 is 13.1 Å². The van der Waals surface area contributed by atoms with Crippen LogP contribution in [-0.2, 0) is 35.7 Å². The van der Waals surface area contributed by atoms with E-state index in [1.807, 2.05) is 18.2 Å². The summed E-state index contributed by atoms with van der Waals surface area (Å²) >= 11 is 0. The minimum atomic E-state index is -0.683. The third-order valence-corrected chi connectivity index (χ3v) is 11.8. The lowest BCUT2D eigenvalue weighted by Crippen LogP contribution is -2.74. The Labute approximate surface area is 304 Å². The number of fused-ring (bicyclic) bond motifs is 3. The fraction of sp³-hybridized carbons (Fsp3) is 0.432. The molecule has 0 bridgehead atoms. The molecule has 4 aromatic carbocycles. The highest BCUT2D eigenvalue weighted by atomic mass is 16.7. The van der Waals surface area contributed by atoms with Crippen LogP contribution < -0.4 is 0 Å². The van der Waals surface area contributed by atoms with Crippen molar-refractivity contribution in [3.63, 3.8) is 0 Å². The molecule has 2 heterocycles. The second-order valence-corrected chi connectivity index (χ2v) is 15.6. The first-order chi connectivity index (χ1) is 24.6. The zero-order valence-electron chi connectivity index (χ0n) is 30.9. The van der Waals surface area contributed by atoms with E-state index in [9.17, 15) is 4.79 Å². The van der Waals surface area contributed by atoms with E-state index in [-0.39, 0.29) is 13.1 Å². The third-order valence-electron chi connectivity index (χ3n) is 11.8. The van der Waals surface area contributed by atoms with E-state index in [0.717, 1.165) is 43.1 Å². The van der Waals surface area contributed by atoms with Gasteiger partial charge in [0.15, 0.2) is 0 Å². The van der Waals surface area contributed by atoms with Crippen molar-refractivity contribution in [2.24, 2.45) is 5.41 Å². The highest BCUT2D eigenvalue weighted by Gasteiger charge is 2.65. The molecule has 2 saturated heterocycles. The molecule has 3 aliphatic rings. The Balaban J connectivity index is 1.29. The van der Waals surface area contributed by atoms with Crippen molar-refractivity contribution in [2.45, 2.75) is 96.0 Å². The molecule has 2 fully saturated rings. The first-order valence-corrected chi connectivity index (χ1v) is 18.8. The molecule has 0 aromatic heterocycles. The average molecular weight is 686 g/mol. The zero-order valence-corrected chi connectivity index (χ0v) is 30.9. The van der Waals surface area contributed by atoms with Gasteiger partial charge in [0.05, 0.1) is 36.6 Å². The number of ether oxygens (including phenoxy) is 2. The topological polar surface area (TPSA) is 57.2 Å². The molecular formula is C44H52BNO5. The Morgan fingerprint density at radius 3 is 1.96 bits per heavy atom. The predicted octanol–water partition coefficient (Wildman–Crippen LogP) is 9.06. The fourth-order valence-corrected chi connectivity index (χ4v) is 8.56. The van der Waals surface area contributed by atoms with Crippen molar-refractivity contribution >= 4 is 13.1 Å². The maximum Gasteiger partial charge on any atom is 0.457 e. The molecule has 0 amide bonds. The Morgan fingerprint density at radius 2 is 1.35 bits per heavy atom. The van der Waals surface area contributed by atoms with E-state index in [1.165, 1.54) is 22.3 Å². The Morgan fingerprint density at radius 1 is 0.784 bits per heavy atom. The SMILES string of the molecule is CCCCOC(=O)C1N(C2(c3ccccc3)c3ccccc3-c3ccccc32)CC1(CCCB1OC(C)(C)C(C)(C)O1)COCc1ccccc1. The molecule has 7 heteroatoms. The van der Waals surface area contributed by atoms with Crippen LogP contribution in [0.1, 0.15) is 82.6 Å².